The molecule has 0 N–H and O–H groups in total. The molecular weight excluding hydrogens is 323 g/mol. The van der Waals surface area contributed by atoms with E-state index >= 15 is 0 Å². The molecule has 3 aromatic heterocycles. The molecule has 0 radical (unpaired) electrons. The van der Waals surface area contributed by atoms with Gasteiger partial charge in [0.25, 0.3) is 0 Å². The van der Waals surface area contributed by atoms with Gasteiger partial charge in [0.15, 0.2) is 0 Å². The van der Waals surface area contributed by atoms with Crippen molar-refractivity contribution in [1.82, 2.24) is 19.7 Å². The van der Waals surface area contributed by atoms with E-state index in [4.69, 9.17) is 0 Å². The minimum atomic E-state index is -0.278. The molecule has 1 aromatic carbocycles. The van der Waals surface area contributed by atoms with Crippen LogP contribution in [-0.2, 0) is 0 Å². The van der Waals surface area contributed by atoms with Gasteiger partial charge in [0.05, 0.1) is 11.4 Å². The van der Waals surface area contributed by atoms with Gasteiger partial charge in [-0.1, -0.05) is 23.5 Å². The summed E-state index contributed by atoms with van der Waals surface area (Å²) in [5.41, 5.74) is 2.94. The van der Waals surface area contributed by atoms with Gasteiger partial charge in [-0.25, -0.2) is 14.1 Å². The summed E-state index contributed by atoms with van der Waals surface area (Å²) in [5, 5.41) is 6.31. The van der Waals surface area contributed by atoms with Gasteiger partial charge in [0, 0.05) is 29.7 Å². The van der Waals surface area contributed by atoms with Gasteiger partial charge >= 0.3 is 0 Å². The molecule has 4 aromatic rings. The molecule has 0 unspecified atom stereocenters. The van der Waals surface area contributed by atoms with E-state index in [1.165, 1.54) is 17.4 Å². The number of rotatable bonds is 3. The molecule has 4 nitrogen and oxygen atoms in total. The quantitative estimate of drug-likeness (QED) is 0.553. The van der Waals surface area contributed by atoms with E-state index in [1.807, 2.05) is 25.3 Å². The second-order valence-corrected chi connectivity index (χ2v) is 6.25. The minimum Gasteiger partial charge on any atom is -0.264 e. The predicted molar refractivity (Wildman–Crippen MR) is 92.6 cm³/mol. The Morgan fingerprint density at radius 3 is 2.75 bits per heavy atom. The van der Waals surface area contributed by atoms with Gasteiger partial charge < -0.3 is 0 Å². The Bertz CT molecular complexity index is 991. The second kappa shape index (κ2) is 5.98. The fourth-order valence-electron chi connectivity index (χ4n) is 2.46. The first-order chi connectivity index (χ1) is 11.7. The number of nitrogens with zero attached hydrogens (tertiary/aromatic N) is 4. The molecule has 0 spiro atoms. The van der Waals surface area contributed by atoms with E-state index < -0.39 is 0 Å². The van der Waals surface area contributed by atoms with E-state index in [-0.39, 0.29) is 5.82 Å². The Labute approximate surface area is 142 Å². The van der Waals surface area contributed by atoms with Crippen LogP contribution in [0.1, 0.15) is 5.69 Å². The highest BCUT2D eigenvalue weighted by Crippen LogP contribution is 2.30. The largest absolute Gasteiger partial charge is 0.264 e. The zero-order valence-corrected chi connectivity index (χ0v) is 13.7. The van der Waals surface area contributed by atoms with E-state index in [2.05, 4.69) is 15.1 Å². The zero-order valence-electron chi connectivity index (χ0n) is 12.8. The standard InChI is InChI=1S/C18H13FN4S/c1-12-18(24-17(21-12)13-5-4-9-20-11-13)23-10-8-16(22-23)14-6-2-3-7-15(14)19/h2-11H,1H3. The van der Waals surface area contributed by atoms with Crippen LogP contribution in [0.15, 0.2) is 61.1 Å². The maximum atomic E-state index is 13.9. The maximum absolute atomic E-state index is 13.9. The third kappa shape index (κ3) is 2.61. The number of benzene rings is 1. The highest BCUT2D eigenvalue weighted by molar-refractivity contribution is 7.17. The number of halogens is 1. The fraction of sp³-hybridized carbons (Fsp3) is 0.0556. The van der Waals surface area contributed by atoms with E-state index in [0.717, 1.165) is 21.3 Å². The van der Waals surface area contributed by atoms with Crippen LogP contribution < -0.4 is 0 Å². The maximum Gasteiger partial charge on any atom is 0.140 e. The highest BCUT2D eigenvalue weighted by atomic mass is 32.1. The topological polar surface area (TPSA) is 43.6 Å². The first-order valence-electron chi connectivity index (χ1n) is 7.41. The number of aryl methyl sites for hydroxylation is 1. The summed E-state index contributed by atoms with van der Waals surface area (Å²) in [5.74, 6) is -0.278. The van der Waals surface area contributed by atoms with E-state index in [1.54, 1.807) is 41.3 Å². The summed E-state index contributed by atoms with van der Waals surface area (Å²) in [6.45, 7) is 1.94. The monoisotopic (exact) mass is 336 g/mol. The second-order valence-electron chi connectivity index (χ2n) is 5.28. The zero-order chi connectivity index (χ0) is 16.5. The summed E-state index contributed by atoms with van der Waals surface area (Å²) in [6, 6.07) is 12.3. The number of hydrogen-bond acceptors (Lipinski definition) is 4. The van der Waals surface area contributed by atoms with Gasteiger partial charge in [-0.15, -0.1) is 0 Å². The molecule has 0 aliphatic heterocycles. The average Bonchev–Trinajstić information content (AvgIpc) is 3.23. The smallest absolute Gasteiger partial charge is 0.140 e. The molecule has 0 saturated heterocycles. The summed E-state index contributed by atoms with van der Waals surface area (Å²) >= 11 is 1.53. The number of hydrogen-bond donors (Lipinski definition) is 0. The Morgan fingerprint density at radius 1 is 1.08 bits per heavy atom. The Morgan fingerprint density at radius 2 is 1.96 bits per heavy atom. The molecule has 0 fully saturated rings. The minimum absolute atomic E-state index is 0.278. The van der Waals surface area contributed by atoms with Gasteiger partial charge in [-0.3, -0.25) is 4.98 Å². The van der Waals surface area contributed by atoms with Crippen LogP contribution in [0.3, 0.4) is 0 Å². The molecule has 0 amide bonds. The van der Waals surface area contributed by atoms with E-state index in [9.17, 15) is 4.39 Å². The molecule has 0 aliphatic carbocycles. The van der Waals surface area contributed by atoms with Crippen molar-refractivity contribution in [2.24, 2.45) is 0 Å². The normalized spacial score (nSPS) is 10.9. The Balaban J connectivity index is 1.73. The third-order valence-corrected chi connectivity index (χ3v) is 4.82. The lowest BCUT2D eigenvalue weighted by molar-refractivity contribution is 0.630. The van der Waals surface area contributed by atoms with Crippen LogP contribution in [0.5, 0.6) is 0 Å². The molecule has 3 heterocycles. The molecule has 4 rings (SSSR count). The summed E-state index contributed by atoms with van der Waals surface area (Å²) in [4.78, 5) is 8.73. The first-order valence-corrected chi connectivity index (χ1v) is 8.23. The molecule has 6 heteroatoms. The van der Waals surface area contributed by atoms with Crippen molar-refractivity contribution in [1.29, 1.82) is 0 Å². The number of pyridine rings is 1. The lowest BCUT2D eigenvalue weighted by atomic mass is 10.1. The Hall–Kier alpha value is -2.86. The van der Waals surface area contributed by atoms with Crippen molar-refractivity contribution in [3.05, 3.63) is 72.6 Å². The lowest BCUT2D eigenvalue weighted by Crippen LogP contribution is -1.94. The van der Waals surface area contributed by atoms with Gasteiger partial charge in [0.1, 0.15) is 15.8 Å². The lowest BCUT2D eigenvalue weighted by Gasteiger charge is -1.99. The Kier molecular flexibility index (Phi) is 3.66. The SMILES string of the molecule is Cc1nc(-c2cccnc2)sc1-n1ccc(-c2ccccc2F)n1. The van der Waals surface area contributed by atoms with Crippen LogP contribution in [0, 0.1) is 12.7 Å². The van der Waals surface area contributed by atoms with E-state index in [0.29, 0.717) is 11.3 Å². The van der Waals surface area contributed by atoms with Crippen molar-refractivity contribution in [2.75, 3.05) is 0 Å². The van der Waals surface area contributed by atoms with Crippen LogP contribution in [0.25, 0.3) is 26.8 Å². The molecule has 118 valence electrons. The first kappa shape index (κ1) is 14.7. The van der Waals surface area contributed by atoms with Gasteiger partial charge in [-0.05, 0) is 37.3 Å². The van der Waals surface area contributed by atoms with Crippen LogP contribution in [0.4, 0.5) is 4.39 Å². The summed E-state index contributed by atoms with van der Waals surface area (Å²) in [6.07, 6.45) is 5.35. The van der Waals surface area contributed by atoms with Crippen molar-refractivity contribution >= 4 is 11.3 Å². The summed E-state index contributed by atoms with van der Waals surface area (Å²) < 4.78 is 15.7. The fourth-order valence-corrected chi connectivity index (χ4v) is 3.46. The predicted octanol–water partition coefficient (Wildman–Crippen LogP) is 4.51. The molecule has 0 saturated carbocycles. The van der Waals surface area contributed by atoms with Crippen molar-refractivity contribution < 1.29 is 4.39 Å². The number of aromatic nitrogens is 4. The molecule has 24 heavy (non-hydrogen) atoms. The molecule has 0 bridgehead atoms. The highest BCUT2D eigenvalue weighted by Gasteiger charge is 2.14. The third-order valence-electron chi connectivity index (χ3n) is 3.63. The van der Waals surface area contributed by atoms with Crippen molar-refractivity contribution in [2.45, 2.75) is 6.92 Å². The van der Waals surface area contributed by atoms with Gasteiger partial charge in [0.2, 0.25) is 0 Å². The average molecular weight is 336 g/mol. The van der Waals surface area contributed by atoms with Crippen LogP contribution >= 0.6 is 11.3 Å². The van der Waals surface area contributed by atoms with Crippen molar-refractivity contribution in [3.63, 3.8) is 0 Å². The number of thiazole rings is 1. The molecule has 0 aliphatic rings. The molecule has 0 atom stereocenters. The summed E-state index contributed by atoms with van der Waals surface area (Å²) in [7, 11) is 0. The molecular formula is C18H13FN4S. The van der Waals surface area contributed by atoms with Crippen molar-refractivity contribution in [3.8, 4) is 26.8 Å². The van der Waals surface area contributed by atoms with Gasteiger partial charge in [-0.2, -0.15) is 5.10 Å². The van der Waals surface area contributed by atoms with Crippen LogP contribution in [0.2, 0.25) is 0 Å². The van der Waals surface area contributed by atoms with Crippen LogP contribution in [-0.4, -0.2) is 19.7 Å².